The first-order valence-corrected chi connectivity index (χ1v) is 9.66. The second kappa shape index (κ2) is 6.28. The van der Waals surface area contributed by atoms with Gasteiger partial charge in [-0.25, -0.2) is 8.42 Å². The Balaban J connectivity index is 2.08. The molecule has 0 heterocycles. The van der Waals surface area contributed by atoms with Crippen molar-refractivity contribution in [3.63, 3.8) is 0 Å². The number of sulfone groups is 1. The van der Waals surface area contributed by atoms with Crippen LogP contribution in [0.4, 0.5) is 0 Å². The Morgan fingerprint density at radius 3 is 2.16 bits per heavy atom. The monoisotopic (exact) mass is 360 g/mol. The van der Waals surface area contributed by atoms with Crippen LogP contribution in [0.25, 0.3) is 0 Å². The highest BCUT2D eigenvalue weighted by Gasteiger charge is 2.75. The molecule has 0 saturated heterocycles. The summed E-state index contributed by atoms with van der Waals surface area (Å²) in [6.45, 7) is 1.28. The molecule has 1 fully saturated rings. The minimum Gasteiger partial charge on any atom is -0.481 e. The number of carbonyl (C=O) groups is 1. The van der Waals surface area contributed by atoms with Gasteiger partial charge in [0.2, 0.25) is 0 Å². The minimum absolute atomic E-state index is 0.0757. The van der Waals surface area contributed by atoms with Crippen LogP contribution in [0, 0.1) is 5.41 Å². The third kappa shape index (κ3) is 2.65. The molecule has 0 aromatic heterocycles. The quantitative estimate of drug-likeness (QED) is 0.824. The molecule has 2 aromatic rings. The molecule has 1 aliphatic carbocycles. The van der Waals surface area contributed by atoms with Gasteiger partial charge in [0.1, 0.15) is 5.41 Å². The normalized spacial score (nSPS) is 25.5. The molecule has 2 aromatic carbocycles. The van der Waals surface area contributed by atoms with E-state index in [1.54, 1.807) is 30.3 Å². The van der Waals surface area contributed by atoms with E-state index >= 15 is 0 Å². The topological polar surface area (TPSA) is 91.7 Å². The molecule has 5 nitrogen and oxygen atoms in total. The minimum atomic E-state index is -3.88. The van der Waals surface area contributed by atoms with Crippen molar-refractivity contribution >= 4 is 15.8 Å². The third-order valence-electron chi connectivity index (χ3n) is 5.07. The molecular formula is C19H20O5S. The zero-order valence-corrected chi connectivity index (χ0v) is 14.6. The Kier molecular flexibility index (Phi) is 4.43. The molecule has 0 unspecified atom stereocenters. The average Bonchev–Trinajstić information content (AvgIpc) is 3.34. The Labute approximate surface area is 146 Å². The number of aliphatic carboxylic acids is 1. The van der Waals surface area contributed by atoms with Crippen LogP contribution in [0.1, 0.15) is 24.0 Å². The first-order chi connectivity index (χ1) is 11.9. The fourth-order valence-electron chi connectivity index (χ4n) is 3.56. The second-order valence-corrected chi connectivity index (χ2v) is 8.42. The molecule has 132 valence electrons. The molecule has 3 rings (SSSR count). The lowest BCUT2D eigenvalue weighted by Gasteiger charge is -2.09. The molecule has 1 saturated carbocycles. The molecule has 0 bridgehead atoms. The lowest BCUT2D eigenvalue weighted by Crippen LogP contribution is -2.27. The maximum Gasteiger partial charge on any atom is 0.314 e. The molecule has 0 aliphatic heterocycles. The summed E-state index contributed by atoms with van der Waals surface area (Å²) in [6.07, 6.45) is 0.834. The highest BCUT2D eigenvalue weighted by atomic mass is 32.2. The summed E-state index contributed by atoms with van der Waals surface area (Å²) in [7, 11) is -3.88. The van der Waals surface area contributed by atoms with E-state index in [4.69, 9.17) is 0 Å². The van der Waals surface area contributed by atoms with E-state index in [-0.39, 0.29) is 4.90 Å². The zero-order valence-electron chi connectivity index (χ0n) is 13.8. The van der Waals surface area contributed by atoms with E-state index in [2.05, 4.69) is 0 Å². The van der Waals surface area contributed by atoms with Crippen LogP contribution >= 0.6 is 0 Å². The van der Waals surface area contributed by atoms with E-state index in [1.807, 2.05) is 19.1 Å². The Morgan fingerprint density at radius 1 is 1.08 bits per heavy atom. The summed E-state index contributed by atoms with van der Waals surface area (Å²) in [5.41, 5.74) is -0.00229. The maximum absolute atomic E-state index is 13.0. The van der Waals surface area contributed by atoms with Crippen LogP contribution in [-0.4, -0.2) is 36.5 Å². The summed E-state index contributed by atoms with van der Waals surface area (Å²) >= 11 is 0. The van der Waals surface area contributed by atoms with Gasteiger partial charge in [0.25, 0.3) is 0 Å². The smallest absolute Gasteiger partial charge is 0.314 e. The van der Waals surface area contributed by atoms with Gasteiger partial charge < -0.3 is 10.2 Å². The number of benzene rings is 2. The summed E-state index contributed by atoms with van der Waals surface area (Å²) in [5.74, 6) is -2.06. The van der Waals surface area contributed by atoms with Gasteiger partial charge in [0.15, 0.2) is 9.84 Å². The second-order valence-electron chi connectivity index (χ2n) is 6.36. The van der Waals surface area contributed by atoms with E-state index in [0.29, 0.717) is 5.56 Å². The Hall–Kier alpha value is -2.18. The summed E-state index contributed by atoms with van der Waals surface area (Å²) in [6, 6.07) is 15.1. The van der Waals surface area contributed by atoms with E-state index in [9.17, 15) is 23.4 Å². The van der Waals surface area contributed by atoms with E-state index in [1.165, 1.54) is 12.1 Å². The standard InChI is InChI=1S/C19H20O5S/c1-2-13-8-10-14(11-9-13)16-17(19(16,12-20)18(21)22)25(23,24)15-6-4-3-5-7-15/h3-11,16-17,20H,2,12H2,1H3,(H,21,22)/t16-,17+,19+/m1/s1. The van der Waals surface area contributed by atoms with Crippen molar-refractivity contribution < 1.29 is 23.4 Å². The Bertz CT molecular complexity index is 874. The number of hydrogen-bond acceptors (Lipinski definition) is 4. The van der Waals surface area contributed by atoms with E-state index < -0.39 is 39.0 Å². The summed E-state index contributed by atoms with van der Waals surface area (Å²) in [5, 5.41) is 18.3. The first kappa shape index (κ1) is 17.6. The van der Waals surface area contributed by atoms with Gasteiger partial charge in [0, 0.05) is 5.92 Å². The van der Waals surface area contributed by atoms with Gasteiger partial charge in [-0.3, -0.25) is 4.79 Å². The zero-order chi connectivity index (χ0) is 18.2. The molecule has 0 amide bonds. The lowest BCUT2D eigenvalue weighted by molar-refractivity contribution is -0.145. The van der Waals surface area contributed by atoms with Gasteiger partial charge in [0.05, 0.1) is 16.8 Å². The molecule has 0 spiro atoms. The number of carboxylic acid groups (broad SMARTS) is 1. The van der Waals surface area contributed by atoms with E-state index in [0.717, 1.165) is 12.0 Å². The number of hydrogen-bond donors (Lipinski definition) is 2. The number of rotatable bonds is 6. The van der Waals surface area contributed by atoms with Crippen LogP contribution in [-0.2, 0) is 21.1 Å². The number of aryl methyl sites for hydroxylation is 1. The maximum atomic E-state index is 13.0. The average molecular weight is 360 g/mol. The van der Waals surface area contributed by atoms with Crippen LogP contribution in [0.15, 0.2) is 59.5 Å². The molecule has 2 N–H and O–H groups in total. The van der Waals surface area contributed by atoms with Crippen LogP contribution < -0.4 is 0 Å². The number of carboxylic acids is 1. The third-order valence-corrected chi connectivity index (χ3v) is 7.36. The van der Waals surface area contributed by atoms with Gasteiger partial charge in [-0.05, 0) is 29.7 Å². The van der Waals surface area contributed by atoms with Crippen LogP contribution in [0.3, 0.4) is 0 Å². The SMILES string of the molecule is CCc1ccc([C@@H]2[C@H](S(=O)(=O)c3ccccc3)[C@@]2(CO)C(=O)O)cc1. The summed E-state index contributed by atoms with van der Waals surface area (Å²) in [4.78, 5) is 12.0. The van der Waals surface area contributed by atoms with Crippen molar-refractivity contribution in [3.05, 3.63) is 65.7 Å². The fourth-order valence-corrected chi connectivity index (χ4v) is 5.95. The number of aliphatic hydroxyl groups excluding tert-OH is 1. The molecule has 6 heteroatoms. The molecule has 25 heavy (non-hydrogen) atoms. The molecule has 3 atom stereocenters. The van der Waals surface area contributed by atoms with Crippen molar-refractivity contribution in [2.45, 2.75) is 29.4 Å². The van der Waals surface area contributed by atoms with Gasteiger partial charge in [-0.2, -0.15) is 0 Å². The van der Waals surface area contributed by atoms with Gasteiger partial charge in [-0.15, -0.1) is 0 Å². The predicted octanol–water partition coefficient (Wildman–Crippen LogP) is 2.25. The lowest BCUT2D eigenvalue weighted by atomic mass is 9.99. The van der Waals surface area contributed by atoms with Crippen LogP contribution in [0.2, 0.25) is 0 Å². The number of aliphatic hydroxyl groups is 1. The van der Waals surface area contributed by atoms with Crippen LogP contribution in [0.5, 0.6) is 0 Å². The molecule has 1 aliphatic rings. The van der Waals surface area contributed by atoms with Gasteiger partial charge >= 0.3 is 5.97 Å². The highest BCUT2D eigenvalue weighted by molar-refractivity contribution is 7.92. The Morgan fingerprint density at radius 2 is 1.68 bits per heavy atom. The fraction of sp³-hybridized carbons (Fsp3) is 0.316. The molecule has 0 radical (unpaired) electrons. The first-order valence-electron chi connectivity index (χ1n) is 8.11. The summed E-state index contributed by atoms with van der Waals surface area (Å²) < 4.78 is 26.0. The molecular weight excluding hydrogens is 340 g/mol. The largest absolute Gasteiger partial charge is 0.481 e. The highest BCUT2D eigenvalue weighted by Crippen LogP contribution is 2.64. The van der Waals surface area contributed by atoms with Crippen molar-refractivity contribution in [2.24, 2.45) is 5.41 Å². The predicted molar refractivity (Wildman–Crippen MR) is 93.1 cm³/mol. The van der Waals surface area contributed by atoms with Crippen molar-refractivity contribution in [1.29, 1.82) is 0 Å². The van der Waals surface area contributed by atoms with Crippen molar-refractivity contribution in [2.75, 3.05) is 6.61 Å². The van der Waals surface area contributed by atoms with Crippen molar-refractivity contribution in [3.8, 4) is 0 Å². The van der Waals surface area contributed by atoms with Crippen molar-refractivity contribution in [1.82, 2.24) is 0 Å². The van der Waals surface area contributed by atoms with Gasteiger partial charge in [-0.1, -0.05) is 49.4 Å².